The van der Waals surface area contributed by atoms with Gasteiger partial charge in [-0.1, -0.05) is 17.4 Å². The molecule has 1 N–H and O–H groups in total. The molecule has 0 amide bonds. The van der Waals surface area contributed by atoms with Gasteiger partial charge in [-0.05, 0) is 24.3 Å². The molecule has 1 fully saturated rings. The molecule has 3 nitrogen and oxygen atoms in total. The molecular weight excluding hydrogens is 238 g/mol. The average molecular weight is 251 g/mol. The summed E-state index contributed by atoms with van der Waals surface area (Å²) in [6, 6.07) is 4.97. The van der Waals surface area contributed by atoms with Crippen LogP contribution in [0, 0.1) is 0 Å². The van der Waals surface area contributed by atoms with E-state index in [1.54, 1.807) is 22.7 Å². The van der Waals surface area contributed by atoms with Gasteiger partial charge < -0.3 is 5.32 Å². The van der Waals surface area contributed by atoms with Crippen LogP contribution in [0.3, 0.4) is 0 Å². The molecule has 16 heavy (non-hydrogen) atoms. The average Bonchev–Trinajstić information content (AvgIpc) is 2.78. The van der Waals surface area contributed by atoms with Crippen molar-refractivity contribution in [2.45, 2.75) is 31.8 Å². The van der Waals surface area contributed by atoms with E-state index in [0.717, 1.165) is 29.0 Å². The highest BCUT2D eigenvalue weighted by Crippen LogP contribution is 2.21. The van der Waals surface area contributed by atoms with Crippen molar-refractivity contribution in [2.24, 2.45) is 0 Å². The van der Waals surface area contributed by atoms with Crippen molar-refractivity contribution in [2.75, 3.05) is 0 Å². The first kappa shape index (κ1) is 10.4. The number of nitrogens with zero attached hydrogens (tertiary/aromatic N) is 2. The molecule has 84 valence electrons. The van der Waals surface area contributed by atoms with Gasteiger partial charge in [0.15, 0.2) is 0 Å². The summed E-state index contributed by atoms with van der Waals surface area (Å²) < 4.78 is 0. The Morgan fingerprint density at radius 2 is 2.19 bits per heavy atom. The van der Waals surface area contributed by atoms with Gasteiger partial charge in [0.2, 0.25) is 0 Å². The fourth-order valence-electron chi connectivity index (χ4n) is 1.51. The Kier molecular flexibility index (Phi) is 2.99. The summed E-state index contributed by atoms with van der Waals surface area (Å²) in [6.07, 6.45) is 3.57. The second kappa shape index (κ2) is 4.61. The van der Waals surface area contributed by atoms with Gasteiger partial charge in [0.25, 0.3) is 0 Å². The molecule has 0 radical (unpaired) electrons. The lowest BCUT2D eigenvalue weighted by Crippen LogP contribution is -2.14. The molecule has 5 heteroatoms. The number of rotatable bonds is 5. The summed E-state index contributed by atoms with van der Waals surface area (Å²) in [7, 11) is 0. The number of aromatic nitrogens is 2. The van der Waals surface area contributed by atoms with E-state index in [1.807, 2.05) is 0 Å². The maximum atomic E-state index is 4.22. The van der Waals surface area contributed by atoms with Crippen LogP contribution in [0.1, 0.15) is 27.7 Å². The first-order valence-corrected chi connectivity index (χ1v) is 7.17. The van der Waals surface area contributed by atoms with Crippen molar-refractivity contribution < 1.29 is 0 Å². The highest BCUT2D eigenvalue weighted by Gasteiger charge is 2.20. The van der Waals surface area contributed by atoms with Crippen LogP contribution < -0.4 is 5.32 Å². The second-order valence-corrected chi connectivity index (χ2v) is 6.18. The van der Waals surface area contributed by atoms with Crippen molar-refractivity contribution in [3.63, 3.8) is 0 Å². The van der Waals surface area contributed by atoms with E-state index in [9.17, 15) is 0 Å². The van der Waals surface area contributed by atoms with Gasteiger partial charge in [-0.2, -0.15) is 0 Å². The minimum absolute atomic E-state index is 0.740. The van der Waals surface area contributed by atoms with Crippen molar-refractivity contribution in [3.8, 4) is 0 Å². The van der Waals surface area contributed by atoms with Gasteiger partial charge in [0, 0.05) is 23.9 Å². The lowest BCUT2D eigenvalue weighted by molar-refractivity contribution is 0.678. The van der Waals surface area contributed by atoms with Crippen LogP contribution in [-0.4, -0.2) is 16.2 Å². The van der Waals surface area contributed by atoms with Crippen molar-refractivity contribution in [1.82, 2.24) is 15.5 Å². The molecule has 0 atom stereocenters. The second-order valence-electron chi connectivity index (χ2n) is 4.00. The van der Waals surface area contributed by atoms with Crippen LogP contribution in [0.25, 0.3) is 0 Å². The van der Waals surface area contributed by atoms with Gasteiger partial charge in [-0.3, -0.25) is 0 Å². The van der Waals surface area contributed by atoms with E-state index < -0.39 is 0 Å². The lowest BCUT2D eigenvalue weighted by Gasteiger charge is -1.95. The van der Waals surface area contributed by atoms with Gasteiger partial charge in [-0.15, -0.1) is 21.5 Å². The molecule has 0 aliphatic heterocycles. The predicted octanol–water partition coefficient (Wildman–Crippen LogP) is 2.44. The third-order valence-electron chi connectivity index (χ3n) is 2.53. The molecule has 0 unspecified atom stereocenters. The van der Waals surface area contributed by atoms with E-state index >= 15 is 0 Å². The van der Waals surface area contributed by atoms with E-state index in [4.69, 9.17) is 0 Å². The van der Waals surface area contributed by atoms with Crippen LogP contribution in [0.5, 0.6) is 0 Å². The molecule has 2 aromatic heterocycles. The Morgan fingerprint density at radius 3 is 2.94 bits per heavy atom. The fraction of sp³-hybridized carbons (Fsp3) is 0.455. The molecule has 2 aromatic rings. The van der Waals surface area contributed by atoms with E-state index in [0.29, 0.717) is 0 Å². The Labute approximate surface area is 103 Å². The van der Waals surface area contributed by atoms with Crippen LogP contribution in [-0.2, 0) is 13.0 Å². The number of thiophene rings is 1. The van der Waals surface area contributed by atoms with Crippen molar-refractivity contribution in [3.05, 3.63) is 32.4 Å². The quantitative estimate of drug-likeness (QED) is 0.887. The topological polar surface area (TPSA) is 37.8 Å². The Hall–Kier alpha value is -0.780. The molecule has 1 aliphatic carbocycles. The number of hydrogen-bond donors (Lipinski definition) is 1. The summed E-state index contributed by atoms with van der Waals surface area (Å²) >= 11 is 3.50. The summed E-state index contributed by atoms with van der Waals surface area (Å²) in [5.74, 6) is 0. The largest absolute Gasteiger partial charge is 0.308 e. The highest BCUT2D eigenvalue weighted by molar-refractivity contribution is 7.12. The summed E-state index contributed by atoms with van der Waals surface area (Å²) in [4.78, 5) is 1.36. The minimum Gasteiger partial charge on any atom is -0.308 e. The third-order valence-corrected chi connectivity index (χ3v) is 4.33. The Morgan fingerprint density at radius 1 is 1.31 bits per heavy atom. The molecule has 0 aromatic carbocycles. The van der Waals surface area contributed by atoms with Gasteiger partial charge in [0.05, 0.1) is 0 Å². The molecule has 2 heterocycles. The van der Waals surface area contributed by atoms with Gasteiger partial charge in [0.1, 0.15) is 10.0 Å². The first-order valence-electron chi connectivity index (χ1n) is 5.47. The number of hydrogen-bond acceptors (Lipinski definition) is 5. The first-order chi connectivity index (χ1) is 7.90. The summed E-state index contributed by atoms with van der Waals surface area (Å²) in [6.45, 7) is 0.882. The SMILES string of the molecule is c1csc(Cc2nnc(CNC3CC3)s2)c1. The zero-order chi connectivity index (χ0) is 10.8. The summed E-state index contributed by atoms with van der Waals surface area (Å²) in [5, 5.41) is 16.2. The maximum absolute atomic E-state index is 4.22. The van der Waals surface area contributed by atoms with E-state index in [2.05, 4.69) is 33.0 Å². The van der Waals surface area contributed by atoms with Crippen LogP contribution >= 0.6 is 22.7 Å². The standard InChI is InChI=1S/C11H13N3S2/c1-2-9(15-5-1)6-10-13-14-11(16-10)7-12-8-3-4-8/h1-2,5,8,12H,3-4,6-7H2. The summed E-state index contributed by atoms with van der Waals surface area (Å²) in [5.41, 5.74) is 0. The van der Waals surface area contributed by atoms with Gasteiger partial charge >= 0.3 is 0 Å². The smallest absolute Gasteiger partial charge is 0.131 e. The molecule has 0 spiro atoms. The van der Waals surface area contributed by atoms with Crippen molar-refractivity contribution in [1.29, 1.82) is 0 Å². The Balaban J connectivity index is 1.58. The zero-order valence-corrected chi connectivity index (χ0v) is 10.5. The number of nitrogens with one attached hydrogen (secondary N) is 1. The Bertz CT molecular complexity index is 446. The van der Waals surface area contributed by atoms with E-state index in [-0.39, 0.29) is 0 Å². The minimum atomic E-state index is 0.740. The zero-order valence-electron chi connectivity index (χ0n) is 8.85. The van der Waals surface area contributed by atoms with Gasteiger partial charge in [-0.25, -0.2) is 0 Å². The van der Waals surface area contributed by atoms with Crippen LogP contribution in [0.2, 0.25) is 0 Å². The maximum Gasteiger partial charge on any atom is 0.131 e. The van der Waals surface area contributed by atoms with E-state index in [1.165, 1.54) is 17.7 Å². The lowest BCUT2D eigenvalue weighted by atomic mass is 10.4. The van der Waals surface area contributed by atoms with Crippen LogP contribution in [0.15, 0.2) is 17.5 Å². The molecular formula is C11H13N3S2. The molecule has 3 rings (SSSR count). The van der Waals surface area contributed by atoms with Crippen LogP contribution in [0.4, 0.5) is 0 Å². The molecule has 1 aliphatic rings. The molecule has 0 saturated heterocycles. The predicted molar refractivity (Wildman–Crippen MR) is 66.9 cm³/mol. The highest BCUT2D eigenvalue weighted by atomic mass is 32.1. The fourth-order valence-corrected chi connectivity index (χ4v) is 3.13. The molecule has 0 bridgehead atoms. The van der Waals surface area contributed by atoms with Crippen molar-refractivity contribution >= 4 is 22.7 Å². The molecule has 1 saturated carbocycles. The third kappa shape index (κ3) is 2.66. The monoisotopic (exact) mass is 251 g/mol. The normalized spacial score (nSPS) is 15.5.